The van der Waals surface area contributed by atoms with Crippen molar-refractivity contribution in [3.63, 3.8) is 0 Å². The average Bonchev–Trinajstić information content (AvgIpc) is 2.75. The van der Waals surface area contributed by atoms with Crippen LogP contribution in [0.3, 0.4) is 0 Å². The van der Waals surface area contributed by atoms with Crippen molar-refractivity contribution >= 4 is 43.5 Å². The topological polar surface area (TPSA) is 34.0 Å². The standard InChI is InChI=1S/C15H16Br2N2O/c1-4-19-8-11(16)7-13(19)15(20)18-14-10(3)5-9(2)6-12(14)17/h5-8H,4H2,1-3H3,(H,18,20). The number of carbonyl (C=O) groups excluding carboxylic acids is 1. The summed E-state index contributed by atoms with van der Waals surface area (Å²) < 4.78 is 3.72. The molecule has 0 bridgehead atoms. The normalized spacial score (nSPS) is 10.7. The molecular formula is C15H16Br2N2O. The molecule has 1 aromatic carbocycles. The summed E-state index contributed by atoms with van der Waals surface area (Å²) in [5.41, 5.74) is 3.66. The second-order valence-corrected chi connectivity index (χ2v) is 6.49. The highest BCUT2D eigenvalue weighted by atomic mass is 79.9. The van der Waals surface area contributed by atoms with E-state index in [1.54, 1.807) is 0 Å². The van der Waals surface area contributed by atoms with Gasteiger partial charge in [-0.1, -0.05) is 6.07 Å². The molecule has 3 nitrogen and oxygen atoms in total. The minimum atomic E-state index is -0.106. The molecule has 5 heteroatoms. The van der Waals surface area contributed by atoms with Crippen LogP contribution in [0.4, 0.5) is 5.69 Å². The van der Waals surface area contributed by atoms with Crippen molar-refractivity contribution in [2.75, 3.05) is 5.32 Å². The Balaban J connectivity index is 2.32. The maximum Gasteiger partial charge on any atom is 0.272 e. The first-order valence-electron chi connectivity index (χ1n) is 6.36. The van der Waals surface area contributed by atoms with E-state index < -0.39 is 0 Å². The van der Waals surface area contributed by atoms with E-state index >= 15 is 0 Å². The molecule has 0 atom stereocenters. The highest BCUT2D eigenvalue weighted by Gasteiger charge is 2.15. The number of nitrogens with one attached hydrogen (secondary N) is 1. The van der Waals surface area contributed by atoms with E-state index in [4.69, 9.17) is 0 Å². The second kappa shape index (κ2) is 6.14. The predicted molar refractivity (Wildman–Crippen MR) is 89.4 cm³/mol. The molecule has 2 aromatic rings. The molecule has 1 N–H and O–H groups in total. The second-order valence-electron chi connectivity index (χ2n) is 4.72. The van der Waals surface area contributed by atoms with Gasteiger partial charge in [-0.3, -0.25) is 4.79 Å². The number of rotatable bonds is 3. The quantitative estimate of drug-likeness (QED) is 0.782. The Morgan fingerprint density at radius 3 is 2.55 bits per heavy atom. The molecule has 0 aliphatic carbocycles. The maximum absolute atomic E-state index is 12.4. The molecule has 0 saturated carbocycles. The zero-order valence-electron chi connectivity index (χ0n) is 11.6. The van der Waals surface area contributed by atoms with E-state index in [0.29, 0.717) is 5.69 Å². The highest BCUT2D eigenvalue weighted by Crippen LogP contribution is 2.28. The minimum absolute atomic E-state index is 0.106. The van der Waals surface area contributed by atoms with Crippen LogP contribution in [0, 0.1) is 13.8 Å². The number of aromatic nitrogens is 1. The number of benzene rings is 1. The van der Waals surface area contributed by atoms with Gasteiger partial charge < -0.3 is 9.88 Å². The molecule has 0 radical (unpaired) electrons. The van der Waals surface area contributed by atoms with Crippen molar-refractivity contribution in [2.45, 2.75) is 27.3 Å². The summed E-state index contributed by atoms with van der Waals surface area (Å²) in [6.45, 7) is 6.78. The van der Waals surface area contributed by atoms with Gasteiger partial charge in [0.15, 0.2) is 0 Å². The Labute approximate surface area is 135 Å². The molecular weight excluding hydrogens is 384 g/mol. The summed E-state index contributed by atoms with van der Waals surface area (Å²) in [7, 11) is 0. The van der Waals surface area contributed by atoms with Crippen LogP contribution in [0.15, 0.2) is 33.3 Å². The summed E-state index contributed by atoms with van der Waals surface area (Å²) in [6.07, 6.45) is 1.91. The average molecular weight is 400 g/mol. The molecule has 106 valence electrons. The van der Waals surface area contributed by atoms with Gasteiger partial charge in [-0.05, 0) is 75.9 Å². The number of carbonyl (C=O) groups is 1. The van der Waals surface area contributed by atoms with Gasteiger partial charge in [-0.15, -0.1) is 0 Å². The van der Waals surface area contributed by atoms with Gasteiger partial charge in [0, 0.05) is 21.7 Å². The number of anilines is 1. The van der Waals surface area contributed by atoms with E-state index in [0.717, 1.165) is 32.3 Å². The monoisotopic (exact) mass is 398 g/mol. The zero-order valence-corrected chi connectivity index (χ0v) is 14.8. The molecule has 0 aliphatic heterocycles. The zero-order chi connectivity index (χ0) is 14.9. The summed E-state index contributed by atoms with van der Waals surface area (Å²) in [5, 5.41) is 2.98. The van der Waals surface area contributed by atoms with E-state index in [-0.39, 0.29) is 5.91 Å². The molecule has 0 fully saturated rings. The van der Waals surface area contributed by atoms with Crippen LogP contribution in [0.2, 0.25) is 0 Å². The SMILES string of the molecule is CCn1cc(Br)cc1C(=O)Nc1c(C)cc(C)cc1Br. The molecule has 0 unspecified atom stereocenters. The Morgan fingerprint density at radius 2 is 1.95 bits per heavy atom. The summed E-state index contributed by atoms with van der Waals surface area (Å²) >= 11 is 6.91. The number of nitrogens with zero attached hydrogens (tertiary/aromatic N) is 1. The van der Waals surface area contributed by atoms with Crippen molar-refractivity contribution < 1.29 is 4.79 Å². The minimum Gasteiger partial charge on any atom is -0.343 e. The number of hydrogen-bond donors (Lipinski definition) is 1. The van der Waals surface area contributed by atoms with Crippen molar-refractivity contribution in [1.29, 1.82) is 0 Å². The number of halogens is 2. The van der Waals surface area contributed by atoms with E-state index in [2.05, 4.69) is 43.2 Å². The summed E-state index contributed by atoms with van der Waals surface area (Å²) in [5.74, 6) is -0.106. The molecule has 1 amide bonds. The summed E-state index contributed by atoms with van der Waals surface area (Å²) in [6, 6.07) is 5.88. The van der Waals surface area contributed by atoms with Gasteiger partial charge in [0.1, 0.15) is 5.69 Å². The van der Waals surface area contributed by atoms with Gasteiger partial charge in [0.25, 0.3) is 5.91 Å². The molecule has 1 aromatic heterocycles. The van der Waals surface area contributed by atoms with Crippen LogP contribution in [0.1, 0.15) is 28.5 Å². The van der Waals surface area contributed by atoms with Gasteiger partial charge in [0.2, 0.25) is 0 Å². The lowest BCUT2D eigenvalue weighted by Crippen LogP contribution is -2.17. The van der Waals surface area contributed by atoms with Crippen LogP contribution < -0.4 is 5.32 Å². The molecule has 0 spiro atoms. The van der Waals surface area contributed by atoms with Gasteiger partial charge in [0.05, 0.1) is 5.69 Å². The van der Waals surface area contributed by atoms with Gasteiger partial charge in [-0.2, -0.15) is 0 Å². The van der Waals surface area contributed by atoms with Crippen LogP contribution in [-0.4, -0.2) is 10.5 Å². The molecule has 1 heterocycles. The van der Waals surface area contributed by atoms with Crippen molar-refractivity contribution in [2.24, 2.45) is 0 Å². The highest BCUT2D eigenvalue weighted by molar-refractivity contribution is 9.10. The van der Waals surface area contributed by atoms with Crippen LogP contribution in [0.25, 0.3) is 0 Å². The van der Waals surface area contributed by atoms with Crippen molar-refractivity contribution in [3.8, 4) is 0 Å². The molecule has 2 rings (SSSR count). The Hall–Kier alpha value is -1.07. The van der Waals surface area contributed by atoms with E-state index in [9.17, 15) is 4.79 Å². The fourth-order valence-electron chi connectivity index (χ4n) is 2.18. The lowest BCUT2D eigenvalue weighted by atomic mass is 10.1. The lowest BCUT2D eigenvalue weighted by molar-refractivity contribution is 0.101. The van der Waals surface area contributed by atoms with Crippen molar-refractivity contribution in [1.82, 2.24) is 4.57 Å². The first-order chi connectivity index (χ1) is 9.42. The van der Waals surface area contributed by atoms with Gasteiger partial charge >= 0.3 is 0 Å². The third-order valence-corrected chi connectivity index (χ3v) is 4.17. The van der Waals surface area contributed by atoms with Crippen LogP contribution in [-0.2, 0) is 6.54 Å². The van der Waals surface area contributed by atoms with Crippen LogP contribution in [0.5, 0.6) is 0 Å². The molecule has 20 heavy (non-hydrogen) atoms. The van der Waals surface area contributed by atoms with E-state index in [1.165, 1.54) is 0 Å². The largest absolute Gasteiger partial charge is 0.343 e. The third kappa shape index (κ3) is 3.15. The smallest absolute Gasteiger partial charge is 0.272 e. The lowest BCUT2D eigenvalue weighted by Gasteiger charge is -2.12. The number of hydrogen-bond acceptors (Lipinski definition) is 1. The van der Waals surface area contributed by atoms with Crippen LogP contribution >= 0.6 is 31.9 Å². The Bertz CT molecular complexity index is 639. The number of aryl methyl sites for hydroxylation is 3. The molecule has 0 aliphatic rings. The van der Waals surface area contributed by atoms with Crippen molar-refractivity contribution in [3.05, 3.63) is 50.2 Å². The fraction of sp³-hybridized carbons (Fsp3) is 0.267. The Morgan fingerprint density at radius 1 is 1.25 bits per heavy atom. The predicted octanol–water partition coefficient (Wildman–Crippen LogP) is 4.90. The summed E-state index contributed by atoms with van der Waals surface area (Å²) in [4.78, 5) is 12.4. The maximum atomic E-state index is 12.4. The number of amides is 1. The van der Waals surface area contributed by atoms with Gasteiger partial charge in [-0.25, -0.2) is 0 Å². The fourth-order valence-corrected chi connectivity index (χ4v) is 3.42. The Kier molecular flexibility index (Phi) is 4.70. The van der Waals surface area contributed by atoms with E-state index in [1.807, 2.05) is 43.7 Å². The first kappa shape index (κ1) is 15.3. The molecule has 0 saturated heterocycles. The third-order valence-electron chi connectivity index (χ3n) is 3.11. The first-order valence-corrected chi connectivity index (χ1v) is 7.94.